The van der Waals surface area contributed by atoms with E-state index in [0.717, 1.165) is 16.7 Å². The SMILES string of the molecule is O=C1[C@@H]2C3c4ccccc4C([N+](=O)[O-])(c4ccccc43)[C@@H]2C(=O)N1Cc1ccccc1. The maximum absolute atomic E-state index is 13.7. The molecule has 2 amide bonds. The number of carbonyl (C=O) groups is 2. The molecule has 2 bridgehead atoms. The first-order chi connectivity index (χ1) is 15.1. The van der Waals surface area contributed by atoms with E-state index in [4.69, 9.17) is 0 Å². The van der Waals surface area contributed by atoms with E-state index in [2.05, 4.69) is 0 Å². The van der Waals surface area contributed by atoms with Crippen LogP contribution in [0.4, 0.5) is 0 Å². The van der Waals surface area contributed by atoms with Crippen LogP contribution in [0, 0.1) is 22.0 Å². The number of amides is 2. The Kier molecular flexibility index (Phi) is 3.55. The molecule has 0 unspecified atom stereocenters. The normalized spacial score (nSPS) is 27.6. The zero-order chi connectivity index (χ0) is 21.3. The topological polar surface area (TPSA) is 80.5 Å². The molecule has 2 atom stereocenters. The number of benzene rings is 3. The third-order valence-corrected chi connectivity index (χ3v) is 7.14. The van der Waals surface area contributed by atoms with Gasteiger partial charge in [-0.3, -0.25) is 24.6 Å². The number of imide groups is 1. The summed E-state index contributed by atoms with van der Waals surface area (Å²) in [5.41, 5.74) is 1.69. The lowest BCUT2D eigenvalue weighted by atomic mass is 9.51. The molecule has 6 heteroatoms. The standard InChI is InChI=1S/C25H18N2O4/c28-23-21-20-16-10-4-6-12-18(16)25(27(30)31,19-13-7-5-11-17(19)20)22(21)24(29)26(23)14-15-8-2-1-3-9-15/h1-13,20-22H,14H2/t20?,21-,22+,25?/m1/s1. The van der Waals surface area contributed by atoms with E-state index in [0.29, 0.717) is 11.1 Å². The molecule has 0 saturated carbocycles. The van der Waals surface area contributed by atoms with Gasteiger partial charge in [0.2, 0.25) is 11.8 Å². The molecule has 1 heterocycles. The van der Waals surface area contributed by atoms with Gasteiger partial charge in [0.25, 0.3) is 5.54 Å². The highest BCUT2D eigenvalue weighted by atomic mass is 16.6. The van der Waals surface area contributed by atoms with Gasteiger partial charge in [-0.25, -0.2) is 0 Å². The highest BCUT2D eigenvalue weighted by Crippen LogP contribution is 2.64. The van der Waals surface area contributed by atoms with Crippen LogP contribution in [0.1, 0.15) is 33.7 Å². The molecule has 1 fully saturated rings. The first-order valence-electron chi connectivity index (χ1n) is 10.3. The Hall–Kier alpha value is -3.80. The average Bonchev–Trinajstić information content (AvgIpc) is 3.05. The molecule has 0 N–H and O–H groups in total. The van der Waals surface area contributed by atoms with Gasteiger partial charge in [-0.05, 0) is 16.7 Å². The molecule has 6 nitrogen and oxygen atoms in total. The van der Waals surface area contributed by atoms with Crippen LogP contribution < -0.4 is 0 Å². The maximum Gasteiger partial charge on any atom is 0.284 e. The van der Waals surface area contributed by atoms with Crippen molar-refractivity contribution in [2.45, 2.75) is 18.0 Å². The lowest BCUT2D eigenvalue weighted by molar-refractivity contribution is -0.578. The van der Waals surface area contributed by atoms with Gasteiger partial charge in [0.1, 0.15) is 5.92 Å². The van der Waals surface area contributed by atoms with Crippen LogP contribution in [0.5, 0.6) is 0 Å². The smallest absolute Gasteiger partial charge is 0.277 e. The van der Waals surface area contributed by atoms with Gasteiger partial charge in [0, 0.05) is 22.0 Å². The van der Waals surface area contributed by atoms with E-state index in [1.807, 2.05) is 54.6 Å². The Balaban J connectivity index is 1.61. The van der Waals surface area contributed by atoms with Crippen molar-refractivity contribution in [3.05, 3.63) is 117 Å². The van der Waals surface area contributed by atoms with Gasteiger partial charge in [-0.15, -0.1) is 0 Å². The summed E-state index contributed by atoms with van der Waals surface area (Å²) in [4.78, 5) is 41.0. The van der Waals surface area contributed by atoms with Crippen LogP contribution >= 0.6 is 0 Å². The summed E-state index contributed by atoms with van der Waals surface area (Å²) >= 11 is 0. The number of rotatable bonds is 3. The largest absolute Gasteiger partial charge is 0.284 e. The van der Waals surface area contributed by atoms with E-state index in [1.165, 1.54) is 4.90 Å². The highest BCUT2D eigenvalue weighted by Gasteiger charge is 2.74. The minimum Gasteiger partial charge on any atom is -0.277 e. The van der Waals surface area contributed by atoms with Crippen LogP contribution in [0.3, 0.4) is 0 Å². The van der Waals surface area contributed by atoms with E-state index in [9.17, 15) is 19.7 Å². The lowest BCUT2D eigenvalue weighted by Crippen LogP contribution is -2.57. The second-order valence-corrected chi connectivity index (χ2v) is 8.43. The Labute approximate surface area is 178 Å². The molecule has 152 valence electrons. The third-order valence-electron chi connectivity index (χ3n) is 7.14. The fourth-order valence-corrected chi connectivity index (χ4v) is 6.02. The number of nitro groups is 1. The summed E-state index contributed by atoms with van der Waals surface area (Å²) < 4.78 is 0. The predicted molar refractivity (Wildman–Crippen MR) is 111 cm³/mol. The monoisotopic (exact) mass is 410 g/mol. The molecule has 0 radical (unpaired) electrons. The van der Waals surface area contributed by atoms with Crippen LogP contribution in [-0.2, 0) is 21.7 Å². The predicted octanol–water partition coefficient (Wildman–Crippen LogP) is 3.47. The van der Waals surface area contributed by atoms with E-state index < -0.39 is 23.3 Å². The molecule has 7 rings (SSSR count). The summed E-state index contributed by atoms with van der Waals surface area (Å²) in [5, 5.41) is 12.8. The highest BCUT2D eigenvalue weighted by molar-refractivity contribution is 6.08. The second-order valence-electron chi connectivity index (χ2n) is 8.43. The summed E-state index contributed by atoms with van der Waals surface area (Å²) in [6.45, 7) is 0.124. The van der Waals surface area contributed by atoms with Crippen molar-refractivity contribution in [2.24, 2.45) is 11.8 Å². The molecule has 3 aromatic carbocycles. The molecule has 1 aliphatic heterocycles. The third kappa shape index (κ3) is 2.06. The maximum atomic E-state index is 13.7. The van der Waals surface area contributed by atoms with E-state index in [1.54, 1.807) is 24.3 Å². The van der Waals surface area contributed by atoms with Crippen LogP contribution in [0.2, 0.25) is 0 Å². The summed E-state index contributed by atoms with van der Waals surface area (Å²) in [6, 6.07) is 23.7. The Morgan fingerprint density at radius 3 is 1.94 bits per heavy atom. The van der Waals surface area contributed by atoms with Crippen molar-refractivity contribution in [2.75, 3.05) is 0 Å². The first kappa shape index (κ1) is 18.0. The number of likely N-dealkylation sites (tertiary alicyclic amines) is 1. The molecule has 3 aromatic rings. The Morgan fingerprint density at radius 2 is 1.35 bits per heavy atom. The van der Waals surface area contributed by atoms with Gasteiger partial charge in [0.05, 0.1) is 12.5 Å². The van der Waals surface area contributed by atoms with Crippen molar-refractivity contribution in [3.8, 4) is 0 Å². The molecule has 3 aliphatic carbocycles. The van der Waals surface area contributed by atoms with Crippen molar-refractivity contribution in [1.29, 1.82) is 0 Å². The number of hydrogen-bond donors (Lipinski definition) is 0. The van der Waals surface area contributed by atoms with Gasteiger partial charge < -0.3 is 0 Å². The average molecular weight is 410 g/mol. The summed E-state index contributed by atoms with van der Waals surface area (Å²) in [7, 11) is 0. The van der Waals surface area contributed by atoms with Gasteiger partial charge in [-0.2, -0.15) is 0 Å². The molecular formula is C25H18N2O4. The zero-order valence-electron chi connectivity index (χ0n) is 16.5. The molecule has 0 spiro atoms. The van der Waals surface area contributed by atoms with Crippen LogP contribution in [-0.4, -0.2) is 21.6 Å². The molecule has 4 aliphatic rings. The number of hydrogen-bond acceptors (Lipinski definition) is 4. The zero-order valence-corrected chi connectivity index (χ0v) is 16.5. The van der Waals surface area contributed by atoms with E-state index >= 15 is 0 Å². The van der Waals surface area contributed by atoms with Crippen molar-refractivity contribution in [3.63, 3.8) is 0 Å². The number of carbonyl (C=O) groups excluding carboxylic acids is 2. The molecule has 1 saturated heterocycles. The van der Waals surface area contributed by atoms with Gasteiger partial charge >= 0.3 is 0 Å². The van der Waals surface area contributed by atoms with Gasteiger partial charge in [0.15, 0.2) is 0 Å². The minimum atomic E-state index is -1.76. The fourth-order valence-electron chi connectivity index (χ4n) is 6.02. The molecular weight excluding hydrogens is 392 g/mol. The number of nitrogens with zero attached hydrogens (tertiary/aromatic N) is 2. The first-order valence-corrected chi connectivity index (χ1v) is 10.3. The Morgan fingerprint density at radius 1 is 0.806 bits per heavy atom. The van der Waals surface area contributed by atoms with Crippen LogP contribution in [0.15, 0.2) is 78.9 Å². The lowest BCUT2D eigenvalue weighted by Gasteiger charge is -2.48. The summed E-state index contributed by atoms with van der Waals surface area (Å²) in [6.07, 6.45) is 0. The Bertz CT molecular complexity index is 1220. The second kappa shape index (κ2) is 6.11. The van der Waals surface area contributed by atoms with Gasteiger partial charge in [-0.1, -0.05) is 78.9 Å². The quantitative estimate of drug-likeness (QED) is 0.376. The fraction of sp³-hybridized carbons (Fsp3) is 0.200. The minimum absolute atomic E-state index is 0.124. The van der Waals surface area contributed by atoms with Crippen molar-refractivity contribution in [1.82, 2.24) is 4.90 Å². The van der Waals surface area contributed by atoms with Crippen molar-refractivity contribution >= 4 is 11.8 Å². The molecule has 31 heavy (non-hydrogen) atoms. The summed E-state index contributed by atoms with van der Waals surface area (Å²) in [5.74, 6) is -2.96. The van der Waals surface area contributed by atoms with Crippen LogP contribution in [0.25, 0.3) is 0 Å². The van der Waals surface area contributed by atoms with E-state index in [-0.39, 0.29) is 23.3 Å². The molecule has 0 aromatic heterocycles. The van der Waals surface area contributed by atoms with Crippen molar-refractivity contribution < 1.29 is 14.5 Å².